The maximum atomic E-state index is 12.5. The third kappa shape index (κ3) is 5.02. The van der Waals surface area contributed by atoms with Gasteiger partial charge >= 0.3 is 12.5 Å². The Morgan fingerprint density at radius 1 is 1.18 bits per heavy atom. The Kier molecular flexibility index (Phi) is 6.01. The monoisotopic (exact) mass is 464 g/mol. The van der Waals surface area contributed by atoms with Crippen LogP contribution in [0.5, 0.6) is 5.75 Å². The minimum Gasteiger partial charge on any atom is -0.465 e. The van der Waals surface area contributed by atoms with Crippen LogP contribution in [0.2, 0.25) is 0 Å². The van der Waals surface area contributed by atoms with E-state index in [0.29, 0.717) is 27.7 Å². The van der Waals surface area contributed by atoms with E-state index >= 15 is 0 Å². The second-order valence-corrected chi connectivity index (χ2v) is 8.49. The molecule has 3 aromatic rings. The van der Waals surface area contributed by atoms with Gasteiger partial charge in [-0.1, -0.05) is 12.1 Å². The highest BCUT2D eigenvalue weighted by Crippen LogP contribution is 2.35. The zero-order valence-electron chi connectivity index (χ0n) is 18.4. The molecule has 0 atom stereocenters. The van der Waals surface area contributed by atoms with Gasteiger partial charge in [-0.05, 0) is 50.1 Å². The minimum absolute atomic E-state index is 0.126. The number of aryl methyl sites for hydroxylation is 1. The third-order valence-corrected chi connectivity index (χ3v) is 5.08. The second kappa shape index (κ2) is 8.30. The molecule has 0 aliphatic carbocycles. The smallest absolute Gasteiger partial charge is 0.465 e. The van der Waals surface area contributed by atoms with Crippen LogP contribution in [0.1, 0.15) is 36.7 Å². The molecule has 3 rings (SSSR count). The van der Waals surface area contributed by atoms with Gasteiger partial charge in [-0.2, -0.15) is 0 Å². The van der Waals surface area contributed by atoms with Gasteiger partial charge in [0.05, 0.1) is 29.5 Å². The average molecular weight is 464 g/mol. The summed E-state index contributed by atoms with van der Waals surface area (Å²) in [5.41, 5.74) is 7.16. The largest absolute Gasteiger partial charge is 0.573 e. The fraction of sp³-hybridized carbons (Fsp3) is 0.318. The zero-order valence-corrected chi connectivity index (χ0v) is 18.4. The lowest BCUT2D eigenvalue weighted by molar-refractivity contribution is -0.274. The number of carbonyl (C=O) groups excluding carboxylic acids is 1. The van der Waals surface area contributed by atoms with Gasteiger partial charge in [0.25, 0.3) is 5.91 Å². The SMILES string of the molecule is Cn1cnc2c(-c3ccc(OC(F)(F)F)cc3)cc(CN(C(=O)O)C(C)(C)C)c(C(N)=O)c21. The maximum Gasteiger partial charge on any atom is 0.573 e. The van der Waals surface area contributed by atoms with Crippen molar-refractivity contribution in [2.45, 2.75) is 39.2 Å². The third-order valence-electron chi connectivity index (χ3n) is 5.08. The summed E-state index contributed by atoms with van der Waals surface area (Å²) >= 11 is 0. The number of benzene rings is 2. The summed E-state index contributed by atoms with van der Waals surface area (Å²) in [6, 6.07) is 6.78. The lowest BCUT2D eigenvalue weighted by Gasteiger charge is -2.33. The van der Waals surface area contributed by atoms with Crippen LogP contribution < -0.4 is 10.5 Å². The van der Waals surface area contributed by atoms with Crippen molar-refractivity contribution in [3.05, 3.63) is 47.8 Å². The number of rotatable bonds is 5. The lowest BCUT2D eigenvalue weighted by atomic mass is 9.94. The molecule has 0 bridgehead atoms. The Bertz CT molecular complexity index is 1210. The highest BCUT2D eigenvalue weighted by Gasteiger charge is 2.31. The standard InChI is InChI=1S/C22H23F3N4O4/c1-21(2,3)29(20(31)32)10-13-9-15(12-5-7-14(8-6-12)33-22(23,24)25)17-18(16(13)19(26)30)28(4)11-27-17/h5-9,11H,10H2,1-4H3,(H2,26,30)(H,31,32). The van der Waals surface area contributed by atoms with Crippen LogP contribution in [0, 0.1) is 0 Å². The fourth-order valence-electron chi connectivity index (χ4n) is 3.61. The Hall–Kier alpha value is -3.76. The van der Waals surface area contributed by atoms with Gasteiger partial charge in [0.1, 0.15) is 5.75 Å². The summed E-state index contributed by atoms with van der Waals surface area (Å²) < 4.78 is 43.0. The van der Waals surface area contributed by atoms with Crippen molar-refractivity contribution in [1.82, 2.24) is 14.5 Å². The van der Waals surface area contributed by atoms with Crippen molar-refractivity contribution in [3.8, 4) is 16.9 Å². The molecule has 11 heteroatoms. The van der Waals surface area contributed by atoms with Gasteiger partial charge < -0.3 is 20.1 Å². The molecule has 0 aliphatic heterocycles. The molecular formula is C22H23F3N4O4. The van der Waals surface area contributed by atoms with E-state index in [9.17, 15) is 27.9 Å². The van der Waals surface area contributed by atoms with Crippen LogP contribution in [-0.2, 0) is 13.6 Å². The number of halogens is 3. The number of carbonyl (C=O) groups is 2. The van der Waals surface area contributed by atoms with E-state index < -0.39 is 23.9 Å². The molecule has 33 heavy (non-hydrogen) atoms. The fourth-order valence-corrected chi connectivity index (χ4v) is 3.61. The number of nitrogens with zero attached hydrogens (tertiary/aromatic N) is 3. The second-order valence-electron chi connectivity index (χ2n) is 8.49. The molecule has 0 saturated carbocycles. The van der Waals surface area contributed by atoms with Crippen molar-refractivity contribution in [3.63, 3.8) is 0 Å². The van der Waals surface area contributed by atoms with Crippen LogP contribution in [-0.4, -0.2) is 43.5 Å². The molecule has 0 fully saturated rings. The Morgan fingerprint density at radius 2 is 1.79 bits per heavy atom. The molecular weight excluding hydrogens is 441 g/mol. The molecule has 0 spiro atoms. The van der Waals surface area contributed by atoms with Crippen LogP contribution in [0.25, 0.3) is 22.2 Å². The van der Waals surface area contributed by atoms with Gasteiger partial charge in [-0.3, -0.25) is 9.69 Å². The first-order valence-electron chi connectivity index (χ1n) is 9.82. The van der Waals surface area contributed by atoms with E-state index in [1.807, 2.05) is 0 Å². The van der Waals surface area contributed by atoms with Crippen molar-refractivity contribution in [2.75, 3.05) is 0 Å². The van der Waals surface area contributed by atoms with Gasteiger partial charge in [-0.25, -0.2) is 9.78 Å². The number of hydrogen-bond donors (Lipinski definition) is 2. The maximum absolute atomic E-state index is 12.5. The number of aromatic nitrogens is 2. The lowest BCUT2D eigenvalue weighted by Crippen LogP contribution is -2.44. The van der Waals surface area contributed by atoms with Crippen LogP contribution in [0.4, 0.5) is 18.0 Å². The van der Waals surface area contributed by atoms with Crippen LogP contribution in [0.15, 0.2) is 36.7 Å². The number of fused-ring (bicyclic) bond motifs is 1. The normalized spacial score (nSPS) is 12.1. The summed E-state index contributed by atoms with van der Waals surface area (Å²) in [6.07, 6.45) is -4.53. The average Bonchev–Trinajstić information content (AvgIpc) is 3.05. The van der Waals surface area contributed by atoms with Crippen LogP contribution in [0.3, 0.4) is 0 Å². The minimum atomic E-state index is -4.82. The van der Waals surface area contributed by atoms with Gasteiger partial charge in [-0.15, -0.1) is 13.2 Å². The number of hydrogen-bond acceptors (Lipinski definition) is 4. The molecule has 0 saturated heterocycles. The van der Waals surface area contributed by atoms with Gasteiger partial charge in [0, 0.05) is 18.2 Å². The highest BCUT2D eigenvalue weighted by atomic mass is 19.4. The molecule has 3 N–H and O–H groups in total. The topological polar surface area (TPSA) is 111 Å². The molecule has 0 aliphatic rings. The number of imidazole rings is 1. The van der Waals surface area contributed by atoms with E-state index in [-0.39, 0.29) is 17.9 Å². The summed E-state index contributed by atoms with van der Waals surface area (Å²) in [5, 5.41) is 9.72. The molecule has 2 aromatic carbocycles. The van der Waals surface area contributed by atoms with E-state index in [2.05, 4.69) is 9.72 Å². The number of ether oxygens (including phenoxy) is 1. The van der Waals surface area contributed by atoms with Crippen molar-refractivity contribution < 1.29 is 32.6 Å². The summed E-state index contributed by atoms with van der Waals surface area (Å²) in [5.74, 6) is -1.14. The van der Waals surface area contributed by atoms with Gasteiger partial charge in [0.2, 0.25) is 0 Å². The first kappa shape index (κ1) is 23.9. The summed E-state index contributed by atoms with van der Waals surface area (Å²) in [6.45, 7) is 5.01. The molecule has 1 aromatic heterocycles. The number of nitrogens with two attached hydrogens (primary N) is 1. The Morgan fingerprint density at radius 3 is 2.27 bits per heavy atom. The molecule has 2 amide bonds. The van der Waals surface area contributed by atoms with E-state index in [0.717, 1.165) is 12.1 Å². The van der Waals surface area contributed by atoms with E-state index in [1.165, 1.54) is 23.4 Å². The van der Waals surface area contributed by atoms with E-state index in [4.69, 9.17) is 5.73 Å². The summed E-state index contributed by atoms with van der Waals surface area (Å²) in [4.78, 5) is 29.8. The first-order chi connectivity index (χ1) is 15.2. The predicted octanol–water partition coefficient (Wildman–Crippen LogP) is 4.52. The molecule has 1 heterocycles. The number of amides is 2. The van der Waals surface area contributed by atoms with E-state index in [1.54, 1.807) is 38.5 Å². The molecule has 0 unspecified atom stereocenters. The zero-order chi connectivity index (χ0) is 24.7. The molecule has 0 radical (unpaired) electrons. The Balaban J connectivity index is 2.22. The van der Waals surface area contributed by atoms with Crippen molar-refractivity contribution in [1.29, 1.82) is 0 Å². The predicted molar refractivity (Wildman–Crippen MR) is 115 cm³/mol. The number of carboxylic acid groups (broad SMARTS) is 1. The summed E-state index contributed by atoms with van der Waals surface area (Å²) in [7, 11) is 1.66. The van der Waals surface area contributed by atoms with Crippen LogP contribution >= 0.6 is 0 Å². The Labute approximate surface area is 187 Å². The highest BCUT2D eigenvalue weighted by molar-refractivity contribution is 6.09. The van der Waals surface area contributed by atoms with Gasteiger partial charge in [0.15, 0.2) is 0 Å². The molecule has 8 nitrogen and oxygen atoms in total. The number of alkyl halides is 3. The number of primary amides is 1. The van der Waals surface area contributed by atoms with Crippen molar-refractivity contribution >= 4 is 23.0 Å². The molecule has 176 valence electrons. The van der Waals surface area contributed by atoms with Crippen molar-refractivity contribution in [2.24, 2.45) is 12.8 Å². The first-order valence-corrected chi connectivity index (χ1v) is 9.82. The quantitative estimate of drug-likeness (QED) is 0.577.